The number of furan rings is 1. The highest BCUT2D eigenvalue weighted by Gasteiger charge is 2.16. The van der Waals surface area contributed by atoms with E-state index in [4.69, 9.17) is 26.3 Å². The standard InChI is InChI=1S/C40H24N2OS/c1-2-8-25(9-3-1)26-16-18-27(19-17-26)28-20-21-36-34(23-28)38-40(44-36)37(41-24-42-38)30-11-6-10-29(22-30)31-13-7-14-33-32-12-4-5-15-35(32)43-39(31)33/h1-24H/i1D,2D,3D,4D,5D,7D,8D,9D,12D,13D,14D,15D,16D,17D,18D,19D. The van der Waals surface area contributed by atoms with Gasteiger partial charge in [-0.25, -0.2) is 9.97 Å². The van der Waals surface area contributed by atoms with Gasteiger partial charge in [-0.3, -0.25) is 0 Å². The van der Waals surface area contributed by atoms with Crippen LogP contribution in [0.5, 0.6) is 0 Å². The van der Waals surface area contributed by atoms with Crippen molar-refractivity contribution in [1.29, 1.82) is 0 Å². The molecule has 0 fully saturated rings. The van der Waals surface area contributed by atoms with Crippen LogP contribution in [0.4, 0.5) is 0 Å². The average molecular weight is 597 g/mol. The molecule has 9 rings (SSSR count). The molecule has 0 aliphatic rings. The van der Waals surface area contributed by atoms with E-state index in [9.17, 15) is 0 Å². The molecule has 0 radical (unpaired) electrons. The highest BCUT2D eigenvalue weighted by molar-refractivity contribution is 7.26. The quantitative estimate of drug-likeness (QED) is 0.203. The van der Waals surface area contributed by atoms with Crippen molar-refractivity contribution >= 4 is 53.6 Å². The molecule has 44 heavy (non-hydrogen) atoms. The van der Waals surface area contributed by atoms with Crippen LogP contribution in [0.1, 0.15) is 21.9 Å². The lowest BCUT2D eigenvalue weighted by atomic mass is 9.99. The maximum Gasteiger partial charge on any atom is 0.143 e. The zero-order valence-electron chi connectivity index (χ0n) is 38.3. The normalized spacial score (nSPS) is 16.7. The summed E-state index contributed by atoms with van der Waals surface area (Å²) < 4.78 is 143. The fourth-order valence-electron chi connectivity index (χ4n) is 5.25. The Bertz CT molecular complexity index is 3360. The number of fused-ring (bicyclic) bond motifs is 6. The third kappa shape index (κ3) is 4.03. The van der Waals surface area contributed by atoms with Crippen molar-refractivity contribution in [3.8, 4) is 44.6 Å². The third-order valence-corrected chi connectivity index (χ3v) is 8.44. The predicted octanol–water partition coefficient (Wildman–Crippen LogP) is 11.4. The Labute approximate surface area is 280 Å². The van der Waals surface area contributed by atoms with Gasteiger partial charge in [-0.15, -0.1) is 11.3 Å². The summed E-state index contributed by atoms with van der Waals surface area (Å²) >= 11 is 1.36. The van der Waals surface area contributed by atoms with Gasteiger partial charge in [0, 0.05) is 32.0 Å². The number of hydrogen-bond donors (Lipinski definition) is 0. The van der Waals surface area contributed by atoms with Gasteiger partial charge < -0.3 is 4.42 Å². The van der Waals surface area contributed by atoms with E-state index in [2.05, 4.69) is 9.97 Å². The summed E-state index contributed by atoms with van der Waals surface area (Å²) in [5, 5.41) is 0.557. The molecule has 0 unspecified atom stereocenters. The maximum atomic E-state index is 8.94. The van der Waals surface area contributed by atoms with E-state index in [0.29, 0.717) is 38.0 Å². The second-order valence-corrected chi connectivity index (χ2v) is 10.9. The molecule has 0 aliphatic heterocycles. The van der Waals surface area contributed by atoms with E-state index >= 15 is 0 Å². The highest BCUT2D eigenvalue weighted by Crippen LogP contribution is 2.41. The van der Waals surface area contributed by atoms with Crippen molar-refractivity contribution in [2.75, 3.05) is 0 Å². The molecule has 4 heteroatoms. The lowest BCUT2D eigenvalue weighted by Gasteiger charge is -2.07. The van der Waals surface area contributed by atoms with Crippen molar-refractivity contribution in [3.05, 3.63) is 145 Å². The maximum absolute atomic E-state index is 8.94. The SMILES string of the molecule is [2H]c1c([2H])c([2H])c(-c2c([2H])c([2H])c(-c3ccc4sc5c(-c6cccc(-c7c([2H])c([2H])c([2H])c8c7oc7c([2H])c([2H])c([2H])c([2H])c78)c6)ncnc5c4c3)c([2H])c2[2H])c([2H])c1[2H]. The first-order valence-corrected chi connectivity index (χ1v) is 14.2. The molecule has 0 N–H and O–H groups in total. The second kappa shape index (κ2) is 10.0. The van der Waals surface area contributed by atoms with Crippen LogP contribution in [-0.2, 0) is 0 Å². The van der Waals surface area contributed by atoms with Crippen LogP contribution >= 0.6 is 11.3 Å². The Balaban J connectivity index is 1.20. The lowest BCUT2D eigenvalue weighted by Crippen LogP contribution is -1.87. The van der Waals surface area contributed by atoms with Crippen LogP contribution in [0, 0.1) is 0 Å². The van der Waals surface area contributed by atoms with Gasteiger partial charge in [-0.1, -0.05) is 115 Å². The van der Waals surface area contributed by atoms with Gasteiger partial charge in [-0.05, 0) is 52.1 Å². The zero-order chi connectivity index (χ0) is 43.0. The molecule has 0 saturated heterocycles. The first-order chi connectivity index (χ1) is 28.5. The van der Waals surface area contributed by atoms with Crippen molar-refractivity contribution < 1.29 is 26.3 Å². The molecule has 0 bridgehead atoms. The average Bonchev–Trinajstić information content (AvgIpc) is 3.83. The minimum absolute atomic E-state index is 0.00592. The van der Waals surface area contributed by atoms with E-state index in [1.165, 1.54) is 17.7 Å². The molecule has 0 aliphatic carbocycles. The van der Waals surface area contributed by atoms with E-state index in [1.54, 1.807) is 42.5 Å². The highest BCUT2D eigenvalue weighted by atomic mass is 32.1. The van der Waals surface area contributed by atoms with Crippen molar-refractivity contribution in [2.45, 2.75) is 0 Å². The lowest BCUT2D eigenvalue weighted by molar-refractivity contribution is 0.670. The Morgan fingerprint density at radius 2 is 1.32 bits per heavy atom. The van der Waals surface area contributed by atoms with E-state index in [0.717, 1.165) is 4.70 Å². The number of benzene rings is 6. The third-order valence-electron chi connectivity index (χ3n) is 7.28. The van der Waals surface area contributed by atoms with Gasteiger partial charge in [0.25, 0.3) is 0 Å². The zero-order valence-corrected chi connectivity index (χ0v) is 23.1. The molecule has 206 valence electrons. The van der Waals surface area contributed by atoms with Crippen LogP contribution in [0.25, 0.3) is 86.9 Å². The second-order valence-electron chi connectivity index (χ2n) is 9.80. The number of thiophene rings is 1. The number of rotatable bonds is 4. The Morgan fingerprint density at radius 1 is 0.568 bits per heavy atom. The summed E-state index contributed by atoms with van der Waals surface area (Å²) in [6, 6.07) is 3.53. The van der Waals surface area contributed by atoms with Gasteiger partial charge in [0.1, 0.15) is 17.5 Å². The van der Waals surface area contributed by atoms with E-state index in [1.807, 2.05) is 0 Å². The molecule has 0 saturated carbocycles. The fourth-order valence-corrected chi connectivity index (χ4v) is 6.40. The molecular weight excluding hydrogens is 557 g/mol. The Hall–Kier alpha value is -5.58. The molecule has 0 amide bonds. The topological polar surface area (TPSA) is 38.9 Å². The van der Waals surface area contributed by atoms with Crippen LogP contribution in [0.2, 0.25) is 0 Å². The monoisotopic (exact) mass is 596 g/mol. The molecule has 3 nitrogen and oxygen atoms in total. The summed E-state index contributed by atoms with van der Waals surface area (Å²) in [5.41, 5.74) is 1.29. The summed E-state index contributed by atoms with van der Waals surface area (Å²) in [6.07, 6.45) is 1.36. The van der Waals surface area contributed by atoms with E-state index < -0.39 is 102 Å². The number of aromatic nitrogens is 2. The number of para-hydroxylation sites is 2. The predicted molar refractivity (Wildman–Crippen MR) is 184 cm³/mol. The fraction of sp³-hybridized carbons (Fsp3) is 0. The molecule has 0 atom stereocenters. The first kappa shape index (κ1) is 13.8. The molecule has 3 aromatic heterocycles. The van der Waals surface area contributed by atoms with Crippen molar-refractivity contribution in [2.24, 2.45) is 0 Å². The molecule has 9 aromatic rings. The molecule has 6 aromatic carbocycles. The summed E-state index contributed by atoms with van der Waals surface area (Å²) in [4.78, 5) is 9.16. The molecular formula is C40H24N2OS. The van der Waals surface area contributed by atoms with Gasteiger partial charge in [0.2, 0.25) is 0 Å². The largest absolute Gasteiger partial charge is 0.455 e. The van der Waals surface area contributed by atoms with Crippen molar-refractivity contribution in [1.82, 2.24) is 9.97 Å². The molecule has 3 heterocycles. The summed E-state index contributed by atoms with van der Waals surface area (Å²) in [7, 11) is 0. The van der Waals surface area contributed by atoms with Gasteiger partial charge >= 0.3 is 0 Å². The number of nitrogens with zero attached hydrogens (tertiary/aromatic N) is 2. The van der Waals surface area contributed by atoms with Crippen LogP contribution in [-0.4, -0.2) is 9.97 Å². The summed E-state index contributed by atoms with van der Waals surface area (Å²) in [6.45, 7) is 0. The minimum atomic E-state index is -0.663. The van der Waals surface area contributed by atoms with E-state index in [-0.39, 0.29) is 39.1 Å². The number of hydrogen-bond acceptors (Lipinski definition) is 4. The summed E-state index contributed by atoms with van der Waals surface area (Å²) in [5.74, 6) is 0. The van der Waals surface area contributed by atoms with Gasteiger partial charge in [0.05, 0.1) is 37.8 Å². The van der Waals surface area contributed by atoms with Gasteiger partial charge in [-0.2, -0.15) is 0 Å². The van der Waals surface area contributed by atoms with Crippen molar-refractivity contribution in [3.63, 3.8) is 0 Å². The van der Waals surface area contributed by atoms with Crippen LogP contribution in [0.3, 0.4) is 0 Å². The molecule has 0 spiro atoms. The Morgan fingerprint density at radius 3 is 2.20 bits per heavy atom. The smallest absolute Gasteiger partial charge is 0.143 e. The minimum Gasteiger partial charge on any atom is -0.455 e. The van der Waals surface area contributed by atoms with Crippen LogP contribution in [0.15, 0.2) is 150 Å². The van der Waals surface area contributed by atoms with Gasteiger partial charge in [0.15, 0.2) is 0 Å². The van der Waals surface area contributed by atoms with Crippen LogP contribution < -0.4 is 0 Å². The Kier molecular flexibility index (Phi) is 3.14. The first-order valence-electron chi connectivity index (χ1n) is 21.3.